The van der Waals surface area contributed by atoms with Gasteiger partial charge in [-0.05, 0) is 36.5 Å². The molecule has 0 unspecified atom stereocenters. The van der Waals surface area contributed by atoms with Crippen LogP contribution in [0.4, 0.5) is 0 Å². The molecule has 2 fully saturated rings. The third-order valence-corrected chi connectivity index (χ3v) is 6.29. The minimum atomic E-state index is -0.494. The number of nitrogens with one attached hydrogen (secondary N) is 1. The van der Waals surface area contributed by atoms with Crippen molar-refractivity contribution in [1.29, 1.82) is 0 Å². The summed E-state index contributed by atoms with van der Waals surface area (Å²) in [4.78, 5) is 33.6. The van der Waals surface area contributed by atoms with Crippen LogP contribution in [0.3, 0.4) is 0 Å². The fourth-order valence-electron chi connectivity index (χ4n) is 4.64. The average Bonchev–Trinajstić information content (AvgIpc) is 3.20. The van der Waals surface area contributed by atoms with Crippen molar-refractivity contribution >= 4 is 11.8 Å². The predicted molar refractivity (Wildman–Crippen MR) is 117 cm³/mol. The molecule has 2 saturated heterocycles. The van der Waals surface area contributed by atoms with Crippen molar-refractivity contribution < 1.29 is 14.7 Å². The molecule has 31 heavy (non-hydrogen) atoms. The number of nitrogens with zero attached hydrogens (tertiary/aromatic N) is 3. The summed E-state index contributed by atoms with van der Waals surface area (Å²) < 4.78 is 0. The Kier molecular flexibility index (Phi) is 6.94. The van der Waals surface area contributed by atoms with Gasteiger partial charge < -0.3 is 15.3 Å². The first kappa shape index (κ1) is 21.5. The van der Waals surface area contributed by atoms with Crippen molar-refractivity contribution in [2.75, 3.05) is 19.6 Å². The Bertz CT molecular complexity index is 869. The van der Waals surface area contributed by atoms with Crippen LogP contribution in [0.25, 0.3) is 0 Å². The molecule has 3 heterocycles. The summed E-state index contributed by atoms with van der Waals surface area (Å²) in [5.74, 6) is 0.0971. The Morgan fingerprint density at radius 3 is 2.52 bits per heavy atom. The lowest BCUT2D eigenvalue weighted by Crippen LogP contribution is -2.52. The third-order valence-electron chi connectivity index (χ3n) is 6.29. The lowest BCUT2D eigenvalue weighted by atomic mass is 10.0. The number of benzene rings is 1. The number of aliphatic hydroxyl groups excluding tert-OH is 1. The summed E-state index contributed by atoms with van der Waals surface area (Å²) in [6, 6.07) is 13.5. The first-order chi connectivity index (χ1) is 15.1. The Hall–Kier alpha value is -2.77. The zero-order valence-corrected chi connectivity index (χ0v) is 17.7. The van der Waals surface area contributed by atoms with Crippen LogP contribution < -0.4 is 5.32 Å². The molecule has 7 heteroatoms. The maximum Gasteiger partial charge on any atom is 0.237 e. The van der Waals surface area contributed by atoms with Gasteiger partial charge >= 0.3 is 0 Å². The van der Waals surface area contributed by atoms with Gasteiger partial charge in [-0.25, -0.2) is 0 Å². The van der Waals surface area contributed by atoms with Gasteiger partial charge in [0.1, 0.15) is 0 Å². The second-order valence-electron chi connectivity index (χ2n) is 8.46. The lowest BCUT2D eigenvalue weighted by molar-refractivity contribution is -0.133. The van der Waals surface area contributed by atoms with E-state index in [2.05, 4.69) is 15.2 Å². The number of pyridine rings is 1. The van der Waals surface area contributed by atoms with Crippen molar-refractivity contribution in [2.45, 2.75) is 50.4 Å². The zero-order valence-electron chi connectivity index (χ0n) is 17.7. The van der Waals surface area contributed by atoms with Crippen LogP contribution in [0, 0.1) is 0 Å². The van der Waals surface area contributed by atoms with Gasteiger partial charge in [-0.3, -0.25) is 19.5 Å². The molecule has 0 radical (unpaired) electrons. The molecule has 1 aromatic heterocycles. The highest BCUT2D eigenvalue weighted by Crippen LogP contribution is 2.27. The second kappa shape index (κ2) is 10.0. The normalized spacial score (nSPS) is 22.4. The second-order valence-corrected chi connectivity index (χ2v) is 8.46. The highest BCUT2D eigenvalue weighted by atomic mass is 16.3. The van der Waals surface area contributed by atoms with Gasteiger partial charge in [0.2, 0.25) is 11.8 Å². The Balaban J connectivity index is 1.30. The number of aliphatic hydroxyl groups is 1. The van der Waals surface area contributed by atoms with Gasteiger partial charge in [0.05, 0.1) is 18.6 Å². The summed E-state index contributed by atoms with van der Waals surface area (Å²) in [5.41, 5.74) is 1.98. The third kappa shape index (κ3) is 5.48. The molecule has 2 aliphatic rings. The van der Waals surface area contributed by atoms with Crippen molar-refractivity contribution in [3.63, 3.8) is 0 Å². The molecule has 2 aliphatic heterocycles. The van der Waals surface area contributed by atoms with E-state index in [1.165, 1.54) is 0 Å². The van der Waals surface area contributed by atoms with E-state index in [0.717, 1.165) is 24.0 Å². The molecule has 7 nitrogen and oxygen atoms in total. The SMILES string of the molecule is O=C(NCc1cccnc1)[C@@H]1C[C@@H](O)CN1C1CCN(C(=O)Cc2ccccc2)CC1. The highest BCUT2D eigenvalue weighted by Gasteiger charge is 2.40. The van der Waals surface area contributed by atoms with Crippen molar-refractivity contribution in [3.05, 3.63) is 66.0 Å². The van der Waals surface area contributed by atoms with Gasteiger partial charge in [-0.15, -0.1) is 0 Å². The number of likely N-dealkylation sites (tertiary alicyclic amines) is 2. The molecule has 0 bridgehead atoms. The van der Waals surface area contributed by atoms with E-state index in [0.29, 0.717) is 39.0 Å². The van der Waals surface area contributed by atoms with Crippen molar-refractivity contribution in [2.24, 2.45) is 0 Å². The fourth-order valence-corrected chi connectivity index (χ4v) is 4.64. The fraction of sp³-hybridized carbons (Fsp3) is 0.458. The van der Waals surface area contributed by atoms with E-state index in [9.17, 15) is 14.7 Å². The Morgan fingerprint density at radius 2 is 1.81 bits per heavy atom. The smallest absolute Gasteiger partial charge is 0.237 e. The van der Waals surface area contributed by atoms with Gasteiger partial charge in [-0.2, -0.15) is 0 Å². The molecular formula is C24H30N4O3. The van der Waals surface area contributed by atoms with E-state index in [-0.39, 0.29) is 23.9 Å². The average molecular weight is 423 g/mol. The standard InChI is InChI=1S/C24H30N4O3/c29-21-14-22(24(31)26-16-19-7-4-10-25-15-19)28(17-21)20-8-11-27(12-9-20)23(30)13-18-5-2-1-3-6-18/h1-7,10,15,20-22,29H,8-9,11-14,16-17H2,(H,26,31)/t21-,22+/m1/s1. The number of amides is 2. The minimum Gasteiger partial charge on any atom is -0.392 e. The van der Waals surface area contributed by atoms with Gasteiger partial charge in [0.15, 0.2) is 0 Å². The molecular weight excluding hydrogens is 392 g/mol. The van der Waals surface area contributed by atoms with E-state index in [1.807, 2.05) is 47.4 Å². The van der Waals surface area contributed by atoms with E-state index in [1.54, 1.807) is 12.4 Å². The van der Waals surface area contributed by atoms with Crippen LogP contribution in [0.2, 0.25) is 0 Å². The van der Waals surface area contributed by atoms with Gasteiger partial charge in [0.25, 0.3) is 0 Å². The van der Waals surface area contributed by atoms with Crippen LogP contribution in [-0.2, 0) is 22.6 Å². The minimum absolute atomic E-state index is 0.0528. The number of hydrogen-bond donors (Lipinski definition) is 2. The summed E-state index contributed by atoms with van der Waals surface area (Å²) in [6.07, 6.45) is 5.46. The quantitative estimate of drug-likeness (QED) is 0.734. The Morgan fingerprint density at radius 1 is 1.06 bits per heavy atom. The molecule has 0 spiro atoms. The first-order valence-corrected chi connectivity index (χ1v) is 11.0. The number of β-amino-alcohol motifs (C(OH)–C–C–N with tert-alkyl or cyclic N) is 1. The molecule has 1 aromatic carbocycles. The van der Waals surface area contributed by atoms with Crippen LogP contribution >= 0.6 is 0 Å². The Labute approximate surface area is 183 Å². The summed E-state index contributed by atoms with van der Waals surface area (Å²) in [7, 11) is 0. The van der Waals surface area contributed by atoms with E-state index < -0.39 is 6.10 Å². The number of piperidine rings is 1. The molecule has 164 valence electrons. The largest absolute Gasteiger partial charge is 0.392 e. The molecule has 2 aromatic rings. The topological polar surface area (TPSA) is 85.8 Å². The van der Waals surface area contributed by atoms with Crippen LogP contribution in [0.5, 0.6) is 0 Å². The number of carbonyl (C=O) groups is 2. The van der Waals surface area contributed by atoms with E-state index in [4.69, 9.17) is 0 Å². The summed E-state index contributed by atoms with van der Waals surface area (Å²) in [6.45, 7) is 2.31. The predicted octanol–water partition coefficient (Wildman–Crippen LogP) is 1.37. The zero-order chi connectivity index (χ0) is 21.6. The van der Waals surface area contributed by atoms with Gasteiger partial charge in [0, 0.05) is 44.6 Å². The van der Waals surface area contributed by atoms with Gasteiger partial charge in [-0.1, -0.05) is 36.4 Å². The number of aromatic nitrogens is 1. The van der Waals surface area contributed by atoms with Crippen LogP contribution in [0.15, 0.2) is 54.9 Å². The van der Waals surface area contributed by atoms with E-state index >= 15 is 0 Å². The van der Waals surface area contributed by atoms with Crippen LogP contribution in [-0.4, -0.2) is 69.5 Å². The first-order valence-electron chi connectivity index (χ1n) is 11.0. The summed E-state index contributed by atoms with van der Waals surface area (Å²) in [5, 5.41) is 13.2. The highest BCUT2D eigenvalue weighted by molar-refractivity contribution is 5.82. The van der Waals surface area contributed by atoms with Crippen molar-refractivity contribution in [3.8, 4) is 0 Å². The number of rotatable bonds is 6. The van der Waals surface area contributed by atoms with Crippen LogP contribution in [0.1, 0.15) is 30.4 Å². The number of carbonyl (C=O) groups excluding carboxylic acids is 2. The molecule has 0 saturated carbocycles. The molecule has 4 rings (SSSR count). The summed E-state index contributed by atoms with van der Waals surface area (Å²) >= 11 is 0. The molecule has 2 atom stereocenters. The van der Waals surface area contributed by atoms with Crippen molar-refractivity contribution in [1.82, 2.24) is 20.1 Å². The maximum absolute atomic E-state index is 12.8. The molecule has 2 N–H and O–H groups in total. The molecule has 2 amide bonds. The number of hydrogen-bond acceptors (Lipinski definition) is 5. The molecule has 0 aliphatic carbocycles. The maximum atomic E-state index is 12.8. The lowest BCUT2D eigenvalue weighted by Gasteiger charge is -2.39. The monoisotopic (exact) mass is 422 g/mol.